The highest BCUT2D eigenvalue weighted by molar-refractivity contribution is 5.76. The van der Waals surface area contributed by atoms with Crippen molar-refractivity contribution < 1.29 is 23.8 Å². The van der Waals surface area contributed by atoms with Gasteiger partial charge in [0.15, 0.2) is 11.5 Å². The number of amides is 1. The van der Waals surface area contributed by atoms with Crippen LogP contribution in [-0.4, -0.2) is 61.0 Å². The van der Waals surface area contributed by atoms with Crippen molar-refractivity contribution in [3.8, 4) is 11.5 Å². The van der Waals surface area contributed by atoms with Crippen LogP contribution in [0.4, 0.5) is 4.39 Å². The molecule has 2 aliphatic heterocycles. The van der Waals surface area contributed by atoms with Gasteiger partial charge in [-0.25, -0.2) is 4.39 Å². The van der Waals surface area contributed by atoms with Crippen LogP contribution in [0, 0.1) is 0 Å². The van der Waals surface area contributed by atoms with Crippen molar-refractivity contribution in [1.82, 2.24) is 10.2 Å². The van der Waals surface area contributed by atoms with Crippen molar-refractivity contribution in [3.63, 3.8) is 0 Å². The smallest absolute Gasteiger partial charge is 0.220 e. The number of likely N-dealkylation sites (tertiary alicyclic amines) is 1. The van der Waals surface area contributed by atoms with Gasteiger partial charge in [-0.05, 0) is 30.5 Å². The lowest BCUT2D eigenvalue weighted by atomic mass is 10.0. The Hall–Kier alpha value is -1.86. The molecule has 6 nitrogen and oxygen atoms in total. The van der Waals surface area contributed by atoms with Gasteiger partial charge < -0.3 is 19.9 Å². The fourth-order valence-corrected chi connectivity index (χ4v) is 4.10. The van der Waals surface area contributed by atoms with E-state index < -0.39 is 18.3 Å². The maximum absolute atomic E-state index is 13.6. The molecule has 0 aliphatic carbocycles. The molecule has 0 aromatic heterocycles. The molecule has 0 spiro atoms. The lowest BCUT2D eigenvalue weighted by Crippen LogP contribution is -2.46. The van der Waals surface area contributed by atoms with E-state index in [2.05, 4.69) is 12.2 Å². The summed E-state index contributed by atoms with van der Waals surface area (Å²) >= 11 is 0. The number of benzene rings is 1. The molecule has 0 unspecified atom stereocenters. The molecule has 2 N–H and O–H groups in total. The average molecular weight is 423 g/mol. The number of nitrogens with one attached hydrogen (secondary N) is 1. The van der Waals surface area contributed by atoms with Gasteiger partial charge in [-0.1, -0.05) is 38.7 Å². The zero-order valence-electron chi connectivity index (χ0n) is 17.9. The van der Waals surface area contributed by atoms with Crippen molar-refractivity contribution in [1.29, 1.82) is 0 Å². The number of unbranched alkanes of at least 4 members (excludes halogenated alkanes) is 4. The Labute approximate surface area is 178 Å². The normalized spacial score (nSPS) is 20.7. The molecule has 0 saturated carbocycles. The number of carbonyl (C=O) groups is 1. The largest absolute Gasteiger partial charge is 0.486 e. The second-order valence-corrected chi connectivity index (χ2v) is 8.33. The Kier molecular flexibility index (Phi) is 8.75. The van der Waals surface area contributed by atoms with Crippen LogP contribution in [0.2, 0.25) is 0 Å². The second-order valence-electron chi connectivity index (χ2n) is 8.33. The fraction of sp³-hybridized carbons (Fsp3) is 0.696. The van der Waals surface area contributed by atoms with Crippen molar-refractivity contribution in [3.05, 3.63) is 23.8 Å². The summed E-state index contributed by atoms with van der Waals surface area (Å²) in [6.45, 7) is 4.53. The van der Waals surface area contributed by atoms with Gasteiger partial charge in [0.25, 0.3) is 0 Å². The number of aliphatic hydroxyl groups is 1. The van der Waals surface area contributed by atoms with Gasteiger partial charge in [0.1, 0.15) is 25.5 Å². The van der Waals surface area contributed by atoms with E-state index >= 15 is 0 Å². The third-order valence-corrected chi connectivity index (χ3v) is 5.81. The third-order valence-electron chi connectivity index (χ3n) is 5.81. The van der Waals surface area contributed by atoms with Gasteiger partial charge in [-0.2, -0.15) is 0 Å². The van der Waals surface area contributed by atoms with E-state index in [9.17, 15) is 14.3 Å². The second kappa shape index (κ2) is 11.5. The summed E-state index contributed by atoms with van der Waals surface area (Å²) in [6, 6.07) is 4.84. The number of fused-ring (bicyclic) bond motifs is 1. The first-order chi connectivity index (χ1) is 14.6. The van der Waals surface area contributed by atoms with Crippen LogP contribution in [-0.2, 0) is 4.79 Å². The molecular weight excluding hydrogens is 387 g/mol. The van der Waals surface area contributed by atoms with Gasteiger partial charge in [-0.3, -0.25) is 9.69 Å². The summed E-state index contributed by atoms with van der Waals surface area (Å²) < 4.78 is 24.8. The first-order valence-corrected chi connectivity index (χ1v) is 11.3. The van der Waals surface area contributed by atoms with Gasteiger partial charge in [0.2, 0.25) is 5.91 Å². The number of hydrogen-bond donors (Lipinski definition) is 2. The zero-order chi connectivity index (χ0) is 21.3. The Morgan fingerprint density at radius 2 is 2.00 bits per heavy atom. The van der Waals surface area contributed by atoms with E-state index in [4.69, 9.17) is 9.47 Å². The summed E-state index contributed by atoms with van der Waals surface area (Å²) in [5.74, 6) is 1.19. The predicted octanol–water partition coefficient (Wildman–Crippen LogP) is 3.38. The Balaban J connectivity index is 1.63. The number of aliphatic hydroxyl groups excluding tert-OH is 1. The molecule has 1 aromatic rings. The van der Waals surface area contributed by atoms with Crippen LogP contribution in [0.25, 0.3) is 0 Å². The molecule has 2 heterocycles. The highest BCUT2D eigenvalue weighted by Gasteiger charge is 2.30. The Morgan fingerprint density at radius 3 is 2.73 bits per heavy atom. The topological polar surface area (TPSA) is 71.0 Å². The molecule has 1 amide bonds. The van der Waals surface area contributed by atoms with E-state index in [1.165, 1.54) is 12.8 Å². The summed E-state index contributed by atoms with van der Waals surface area (Å²) in [7, 11) is 0. The SMILES string of the molecule is CCCCCCCC(=O)N[C@H](CN1CC[C@H](F)C1)[C@H](O)c1ccc2c(c1)OCCO2. The van der Waals surface area contributed by atoms with Gasteiger partial charge >= 0.3 is 0 Å². The highest BCUT2D eigenvalue weighted by Crippen LogP contribution is 2.33. The lowest BCUT2D eigenvalue weighted by molar-refractivity contribution is -0.123. The third kappa shape index (κ3) is 6.57. The number of rotatable bonds is 11. The van der Waals surface area contributed by atoms with Crippen LogP contribution in [0.3, 0.4) is 0 Å². The minimum Gasteiger partial charge on any atom is -0.486 e. The van der Waals surface area contributed by atoms with Crippen molar-refractivity contribution in [2.75, 3.05) is 32.8 Å². The summed E-state index contributed by atoms with van der Waals surface area (Å²) in [5.41, 5.74) is 0.656. The molecule has 2 aliphatic rings. The number of hydrogen-bond acceptors (Lipinski definition) is 5. The van der Waals surface area contributed by atoms with Crippen LogP contribution in [0.5, 0.6) is 11.5 Å². The molecule has 1 fully saturated rings. The molecule has 1 saturated heterocycles. The van der Waals surface area contributed by atoms with Crippen molar-refractivity contribution in [2.24, 2.45) is 0 Å². The number of nitrogens with zero attached hydrogens (tertiary/aromatic N) is 1. The quantitative estimate of drug-likeness (QED) is 0.535. The highest BCUT2D eigenvalue weighted by atomic mass is 19.1. The molecular formula is C23H35FN2O4. The number of carbonyl (C=O) groups excluding carboxylic acids is 1. The molecule has 168 valence electrons. The fourth-order valence-electron chi connectivity index (χ4n) is 4.10. The van der Waals surface area contributed by atoms with E-state index in [0.29, 0.717) is 62.8 Å². The standard InChI is InChI=1S/C23H35FN2O4/c1-2-3-4-5-6-7-22(27)25-19(16-26-11-10-18(24)15-26)23(28)17-8-9-20-21(14-17)30-13-12-29-20/h8-9,14,18-19,23,28H,2-7,10-13,15-16H2,1H3,(H,25,27)/t18-,19+,23+/m0/s1. The lowest BCUT2D eigenvalue weighted by Gasteiger charge is -2.29. The predicted molar refractivity (Wildman–Crippen MR) is 114 cm³/mol. The van der Waals surface area contributed by atoms with E-state index in [1.54, 1.807) is 18.2 Å². The Bertz CT molecular complexity index is 687. The summed E-state index contributed by atoms with van der Waals surface area (Å²) in [6.07, 6.45) is 4.56. The molecule has 1 aromatic carbocycles. The van der Waals surface area contributed by atoms with Gasteiger partial charge in [0.05, 0.1) is 6.04 Å². The maximum Gasteiger partial charge on any atom is 0.220 e. The molecule has 3 atom stereocenters. The van der Waals surface area contributed by atoms with Crippen molar-refractivity contribution >= 4 is 5.91 Å². The Morgan fingerprint density at radius 1 is 1.23 bits per heavy atom. The van der Waals surface area contributed by atoms with Crippen LogP contribution in [0.1, 0.15) is 63.5 Å². The average Bonchev–Trinajstić information content (AvgIpc) is 3.17. The monoisotopic (exact) mass is 422 g/mol. The number of ether oxygens (including phenoxy) is 2. The minimum atomic E-state index is -0.913. The molecule has 7 heteroatoms. The molecule has 0 radical (unpaired) electrons. The molecule has 30 heavy (non-hydrogen) atoms. The summed E-state index contributed by atoms with van der Waals surface area (Å²) in [5, 5.41) is 14.1. The molecule has 3 rings (SSSR count). The van der Waals surface area contributed by atoms with E-state index in [1.807, 2.05) is 4.90 Å². The van der Waals surface area contributed by atoms with Crippen LogP contribution in [0.15, 0.2) is 18.2 Å². The van der Waals surface area contributed by atoms with Crippen LogP contribution >= 0.6 is 0 Å². The van der Waals surface area contributed by atoms with Crippen molar-refractivity contribution in [2.45, 2.75) is 70.2 Å². The van der Waals surface area contributed by atoms with E-state index in [0.717, 1.165) is 19.3 Å². The van der Waals surface area contributed by atoms with Gasteiger partial charge in [-0.15, -0.1) is 0 Å². The number of alkyl halides is 1. The van der Waals surface area contributed by atoms with Crippen LogP contribution < -0.4 is 14.8 Å². The first kappa shape index (κ1) is 22.8. The first-order valence-electron chi connectivity index (χ1n) is 11.3. The number of halogens is 1. The van der Waals surface area contributed by atoms with E-state index in [-0.39, 0.29) is 5.91 Å². The van der Waals surface area contributed by atoms with Gasteiger partial charge in [0, 0.05) is 26.1 Å². The molecule has 0 bridgehead atoms. The minimum absolute atomic E-state index is 0.0657. The zero-order valence-corrected chi connectivity index (χ0v) is 17.9. The summed E-state index contributed by atoms with van der Waals surface area (Å²) in [4.78, 5) is 14.5. The maximum atomic E-state index is 13.6.